The third-order valence-electron chi connectivity index (χ3n) is 4.89. The van der Waals surface area contributed by atoms with Gasteiger partial charge < -0.3 is 19.0 Å². The molecule has 0 aliphatic carbocycles. The van der Waals surface area contributed by atoms with Crippen LogP contribution in [0.3, 0.4) is 0 Å². The molecule has 0 bridgehead atoms. The third kappa shape index (κ3) is 8.07. The Kier molecular flexibility index (Phi) is 8.50. The molecule has 0 aromatic carbocycles. The van der Waals surface area contributed by atoms with E-state index in [1.165, 1.54) is 10.6 Å². The Hall–Kier alpha value is -1.67. The lowest BCUT2D eigenvalue weighted by Crippen LogP contribution is -2.46. The maximum atomic E-state index is 11.9. The molecular formula is C18H27F3N2O7S. The van der Waals surface area contributed by atoms with Gasteiger partial charge in [0.2, 0.25) is 10.0 Å². The van der Waals surface area contributed by atoms with Gasteiger partial charge in [-0.1, -0.05) is 0 Å². The van der Waals surface area contributed by atoms with Gasteiger partial charge in [-0.2, -0.15) is 17.5 Å². The Bertz CT molecular complexity index is 817. The van der Waals surface area contributed by atoms with Gasteiger partial charge >= 0.3 is 12.1 Å². The molecule has 2 aliphatic rings. The predicted molar refractivity (Wildman–Crippen MR) is 103 cm³/mol. The van der Waals surface area contributed by atoms with E-state index < -0.39 is 27.8 Å². The molecular weight excluding hydrogens is 445 g/mol. The fraction of sp³-hybridized carbons (Fsp3) is 0.722. The number of furan rings is 1. The van der Waals surface area contributed by atoms with Crippen molar-refractivity contribution in [1.82, 2.24) is 9.21 Å². The molecule has 178 valence electrons. The van der Waals surface area contributed by atoms with Crippen LogP contribution in [0.15, 0.2) is 22.8 Å². The number of nitrogens with zero attached hydrogens (tertiary/aromatic N) is 2. The molecule has 0 radical (unpaired) electrons. The Morgan fingerprint density at radius 1 is 1.42 bits per heavy atom. The van der Waals surface area contributed by atoms with Gasteiger partial charge in [-0.05, 0) is 32.0 Å². The summed E-state index contributed by atoms with van der Waals surface area (Å²) in [6.07, 6.45) is -0.363. The van der Waals surface area contributed by atoms with Crippen molar-refractivity contribution in [3.8, 4) is 0 Å². The first-order valence-electron chi connectivity index (χ1n) is 9.52. The first kappa shape index (κ1) is 25.6. The standard InChI is InChI=1S/C16H26N2O5S.C2HF3O2/c1-17(10-14-4-3-8-22-14)11-15-5-6-16(23-15)12-18(24(2,19)20)7-9-21-13-16;3-2(4,5)1(6)7/h3-4,8,15H,5-7,9-13H2,1-2H3;(H,6,7). The number of alkyl halides is 3. The van der Waals surface area contributed by atoms with Crippen molar-refractivity contribution >= 4 is 16.0 Å². The number of carbonyl (C=O) groups is 1. The molecule has 1 aromatic rings. The van der Waals surface area contributed by atoms with Crippen LogP contribution in [0.1, 0.15) is 18.6 Å². The molecule has 3 rings (SSSR count). The van der Waals surface area contributed by atoms with Gasteiger partial charge in [0.15, 0.2) is 0 Å². The molecule has 1 aromatic heterocycles. The number of hydrogen-bond donors (Lipinski definition) is 1. The van der Waals surface area contributed by atoms with E-state index in [1.54, 1.807) is 6.26 Å². The largest absolute Gasteiger partial charge is 0.490 e. The van der Waals surface area contributed by atoms with Crippen LogP contribution >= 0.6 is 0 Å². The van der Waals surface area contributed by atoms with Crippen LogP contribution in [0.4, 0.5) is 13.2 Å². The number of likely N-dealkylation sites (N-methyl/N-ethyl adjacent to an activating group) is 1. The molecule has 2 aliphatic heterocycles. The second kappa shape index (κ2) is 10.3. The maximum Gasteiger partial charge on any atom is 0.490 e. The number of aliphatic carboxylic acids is 1. The summed E-state index contributed by atoms with van der Waals surface area (Å²) in [5, 5.41) is 7.12. The van der Waals surface area contributed by atoms with Crippen LogP contribution in [0.2, 0.25) is 0 Å². The van der Waals surface area contributed by atoms with Crippen molar-refractivity contribution in [2.24, 2.45) is 0 Å². The second-order valence-electron chi connectivity index (χ2n) is 7.69. The summed E-state index contributed by atoms with van der Waals surface area (Å²) in [6.45, 7) is 3.16. The predicted octanol–water partition coefficient (Wildman–Crippen LogP) is 1.55. The fourth-order valence-corrected chi connectivity index (χ4v) is 4.36. The summed E-state index contributed by atoms with van der Waals surface area (Å²) < 4.78 is 74.3. The molecule has 3 heterocycles. The number of carboxylic acids is 1. The van der Waals surface area contributed by atoms with E-state index in [1.807, 2.05) is 19.2 Å². The molecule has 2 atom stereocenters. The minimum absolute atomic E-state index is 0.0769. The highest BCUT2D eigenvalue weighted by atomic mass is 32.2. The van der Waals surface area contributed by atoms with Gasteiger partial charge in [-0.25, -0.2) is 13.2 Å². The van der Waals surface area contributed by atoms with E-state index in [-0.39, 0.29) is 6.10 Å². The molecule has 31 heavy (non-hydrogen) atoms. The van der Waals surface area contributed by atoms with Gasteiger partial charge in [0.1, 0.15) is 11.4 Å². The smallest absolute Gasteiger partial charge is 0.475 e. The van der Waals surface area contributed by atoms with Crippen molar-refractivity contribution in [3.63, 3.8) is 0 Å². The summed E-state index contributed by atoms with van der Waals surface area (Å²) >= 11 is 0. The van der Waals surface area contributed by atoms with Crippen LogP contribution in [0.25, 0.3) is 0 Å². The highest BCUT2D eigenvalue weighted by Gasteiger charge is 2.44. The summed E-state index contributed by atoms with van der Waals surface area (Å²) in [4.78, 5) is 11.1. The molecule has 13 heteroatoms. The molecule has 2 unspecified atom stereocenters. The zero-order valence-electron chi connectivity index (χ0n) is 17.3. The number of halogens is 3. The van der Waals surface area contributed by atoms with Gasteiger partial charge in [-0.15, -0.1) is 0 Å². The average molecular weight is 472 g/mol. The lowest BCUT2D eigenvalue weighted by molar-refractivity contribution is -0.192. The van der Waals surface area contributed by atoms with Crippen molar-refractivity contribution in [2.75, 3.05) is 46.2 Å². The van der Waals surface area contributed by atoms with Gasteiger partial charge in [0.05, 0.1) is 38.4 Å². The van der Waals surface area contributed by atoms with E-state index in [2.05, 4.69) is 4.90 Å². The number of sulfonamides is 1. The van der Waals surface area contributed by atoms with Crippen LogP contribution in [-0.2, 0) is 30.8 Å². The highest BCUT2D eigenvalue weighted by Crippen LogP contribution is 2.34. The summed E-state index contributed by atoms with van der Waals surface area (Å²) in [6, 6.07) is 3.84. The lowest BCUT2D eigenvalue weighted by Gasteiger charge is -2.31. The van der Waals surface area contributed by atoms with Crippen LogP contribution in [-0.4, -0.2) is 92.7 Å². The van der Waals surface area contributed by atoms with Gasteiger partial charge in [-0.3, -0.25) is 4.90 Å². The normalized spacial score (nSPS) is 25.3. The third-order valence-corrected chi connectivity index (χ3v) is 6.14. The quantitative estimate of drug-likeness (QED) is 0.688. The average Bonchev–Trinajstić information content (AvgIpc) is 3.21. The molecule has 1 N–H and O–H groups in total. The van der Waals surface area contributed by atoms with Crippen LogP contribution in [0.5, 0.6) is 0 Å². The Morgan fingerprint density at radius 2 is 2.10 bits per heavy atom. The Labute approximate surface area is 178 Å². The highest BCUT2D eigenvalue weighted by molar-refractivity contribution is 7.88. The number of hydrogen-bond acceptors (Lipinski definition) is 7. The van der Waals surface area contributed by atoms with Crippen LogP contribution in [0, 0.1) is 0 Å². The molecule has 2 saturated heterocycles. The minimum Gasteiger partial charge on any atom is -0.475 e. The molecule has 2 fully saturated rings. The first-order valence-corrected chi connectivity index (χ1v) is 11.4. The van der Waals surface area contributed by atoms with E-state index >= 15 is 0 Å². The number of ether oxygens (including phenoxy) is 2. The summed E-state index contributed by atoms with van der Waals surface area (Å²) in [5.74, 6) is -1.83. The van der Waals surface area contributed by atoms with E-state index in [0.717, 1.165) is 31.7 Å². The van der Waals surface area contributed by atoms with Crippen molar-refractivity contribution in [1.29, 1.82) is 0 Å². The van der Waals surface area contributed by atoms with Gasteiger partial charge in [0, 0.05) is 19.6 Å². The second-order valence-corrected chi connectivity index (χ2v) is 9.67. The molecule has 1 spiro atoms. The van der Waals surface area contributed by atoms with E-state index in [9.17, 15) is 21.6 Å². The van der Waals surface area contributed by atoms with E-state index in [4.69, 9.17) is 23.8 Å². The Morgan fingerprint density at radius 3 is 2.65 bits per heavy atom. The summed E-state index contributed by atoms with van der Waals surface area (Å²) in [7, 11) is -1.21. The Balaban J connectivity index is 0.000000423. The zero-order chi connectivity index (χ0) is 23.3. The molecule has 9 nitrogen and oxygen atoms in total. The SMILES string of the molecule is CN(Cc1ccco1)CC1CCC2(COCCN(S(C)(=O)=O)C2)O1.O=C(O)C(F)(F)F. The zero-order valence-corrected chi connectivity index (χ0v) is 18.1. The lowest BCUT2D eigenvalue weighted by atomic mass is 10.0. The fourth-order valence-electron chi connectivity index (χ4n) is 3.48. The molecule has 0 amide bonds. The number of carboxylic acid groups (broad SMARTS) is 1. The van der Waals surface area contributed by atoms with Crippen molar-refractivity contribution < 1.29 is 45.4 Å². The van der Waals surface area contributed by atoms with E-state index in [0.29, 0.717) is 26.3 Å². The van der Waals surface area contributed by atoms with Crippen molar-refractivity contribution in [3.05, 3.63) is 24.2 Å². The summed E-state index contributed by atoms with van der Waals surface area (Å²) in [5.41, 5.74) is -0.518. The van der Waals surface area contributed by atoms with Crippen molar-refractivity contribution in [2.45, 2.75) is 37.3 Å². The minimum atomic E-state index is -5.08. The molecule has 0 saturated carbocycles. The topological polar surface area (TPSA) is 110 Å². The van der Waals surface area contributed by atoms with Gasteiger partial charge in [0.25, 0.3) is 0 Å². The first-order chi connectivity index (χ1) is 14.3. The number of rotatable bonds is 5. The monoisotopic (exact) mass is 472 g/mol. The van der Waals surface area contributed by atoms with Crippen LogP contribution < -0.4 is 0 Å². The maximum absolute atomic E-state index is 11.9.